The number of hydrogen-bond donors (Lipinski definition) is 2. The van der Waals surface area contributed by atoms with Crippen LogP contribution in [-0.4, -0.2) is 34.6 Å². The molecule has 170 valence electrons. The van der Waals surface area contributed by atoms with Gasteiger partial charge in [-0.3, -0.25) is 4.79 Å². The molecule has 2 N–H and O–H groups in total. The number of carbonyl (C=O) groups is 1. The summed E-state index contributed by atoms with van der Waals surface area (Å²) in [6.45, 7) is -0.365. The summed E-state index contributed by atoms with van der Waals surface area (Å²) in [6, 6.07) is 8.36. The molecule has 0 bridgehead atoms. The maximum Gasteiger partial charge on any atom is 0.158 e. The van der Waals surface area contributed by atoms with E-state index in [0.717, 1.165) is 60.7 Å². The highest BCUT2D eigenvalue weighted by Gasteiger charge is 2.11. The summed E-state index contributed by atoms with van der Waals surface area (Å²) in [7, 11) is 1.64. The zero-order valence-electron chi connectivity index (χ0n) is 18.0. The first-order chi connectivity index (χ1) is 15.5. The van der Waals surface area contributed by atoms with Crippen molar-refractivity contribution < 1.29 is 19.0 Å². The first kappa shape index (κ1) is 23.9. The van der Waals surface area contributed by atoms with Gasteiger partial charge in [0.05, 0.1) is 17.6 Å². The smallest absolute Gasteiger partial charge is 0.158 e. The third-order valence-corrected chi connectivity index (χ3v) is 5.59. The maximum absolute atomic E-state index is 13.5. The van der Waals surface area contributed by atoms with Crippen molar-refractivity contribution in [3.63, 3.8) is 0 Å². The molecule has 0 amide bonds. The van der Waals surface area contributed by atoms with Gasteiger partial charge in [0.1, 0.15) is 30.3 Å². The van der Waals surface area contributed by atoms with Crippen molar-refractivity contribution in [2.75, 3.05) is 19.0 Å². The predicted molar refractivity (Wildman–Crippen MR) is 124 cm³/mol. The molecule has 6 nitrogen and oxygen atoms in total. The normalized spacial score (nSPS) is 11.0. The Balaban J connectivity index is 1.69. The van der Waals surface area contributed by atoms with Crippen molar-refractivity contribution in [3.8, 4) is 5.75 Å². The van der Waals surface area contributed by atoms with E-state index in [1.54, 1.807) is 13.2 Å². The Morgan fingerprint density at radius 3 is 2.66 bits per heavy atom. The average Bonchev–Trinajstić information content (AvgIpc) is 2.80. The van der Waals surface area contributed by atoms with E-state index >= 15 is 0 Å². The fourth-order valence-electron chi connectivity index (χ4n) is 3.57. The third kappa shape index (κ3) is 6.37. The highest BCUT2D eigenvalue weighted by Crippen LogP contribution is 2.31. The van der Waals surface area contributed by atoms with E-state index in [-0.39, 0.29) is 17.4 Å². The molecule has 0 aliphatic heterocycles. The number of nitrogens with one attached hydrogen (secondary N) is 1. The molecule has 0 atom stereocenters. The van der Waals surface area contributed by atoms with Crippen LogP contribution < -0.4 is 10.1 Å². The van der Waals surface area contributed by atoms with Crippen LogP contribution in [0.25, 0.3) is 10.9 Å². The van der Waals surface area contributed by atoms with Gasteiger partial charge >= 0.3 is 0 Å². The van der Waals surface area contributed by atoms with Crippen molar-refractivity contribution in [2.24, 2.45) is 0 Å². The molecule has 0 aliphatic carbocycles. The van der Waals surface area contributed by atoms with E-state index in [1.807, 2.05) is 12.1 Å². The molecule has 3 aromatic rings. The second kappa shape index (κ2) is 11.7. The van der Waals surface area contributed by atoms with E-state index in [2.05, 4.69) is 15.3 Å². The van der Waals surface area contributed by atoms with E-state index < -0.39 is 5.82 Å². The Hall–Kier alpha value is -2.77. The van der Waals surface area contributed by atoms with Crippen LogP contribution in [0.4, 0.5) is 15.9 Å². The molecule has 3 rings (SSSR count). The molecule has 0 saturated carbocycles. The second-order valence-electron chi connectivity index (χ2n) is 7.62. The van der Waals surface area contributed by atoms with Crippen molar-refractivity contribution in [1.29, 1.82) is 0 Å². The molecule has 0 saturated heterocycles. The van der Waals surface area contributed by atoms with Crippen LogP contribution in [0.15, 0.2) is 36.7 Å². The molecule has 0 fully saturated rings. The van der Waals surface area contributed by atoms with Crippen molar-refractivity contribution in [3.05, 3.63) is 53.1 Å². The second-order valence-corrected chi connectivity index (χ2v) is 8.03. The summed E-state index contributed by atoms with van der Waals surface area (Å²) in [5.74, 6) is 0.813. The van der Waals surface area contributed by atoms with Gasteiger partial charge in [-0.05, 0) is 49.1 Å². The number of fused-ring (bicyclic) bond motifs is 1. The molecule has 0 radical (unpaired) electrons. The zero-order valence-corrected chi connectivity index (χ0v) is 18.8. The van der Waals surface area contributed by atoms with Crippen LogP contribution in [0, 0.1) is 5.82 Å². The highest BCUT2D eigenvalue weighted by atomic mass is 35.5. The zero-order chi connectivity index (χ0) is 22.9. The number of halogens is 2. The number of ketones is 1. The molecule has 0 unspecified atom stereocenters. The number of unbranched alkanes of at least 4 members (excludes halogenated alkanes) is 4. The number of anilines is 2. The number of aryl methyl sites for hydroxylation is 1. The Morgan fingerprint density at radius 2 is 1.91 bits per heavy atom. The highest BCUT2D eigenvalue weighted by molar-refractivity contribution is 6.31. The van der Waals surface area contributed by atoms with E-state index in [0.29, 0.717) is 17.9 Å². The summed E-state index contributed by atoms with van der Waals surface area (Å²) >= 11 is 5.90. The van der Waals surface area contributed by atoms with Gasteiger partial charge in [0.15, 0.2) is 5.78 Å². The van der Waals surface area contributed by atoms with Crippen molar-refractivity contribution in [1.82, 2.24) is 9.97 Å². The fraction of sp³-hybridized carbons (Fsp3) is 0.375. The number of aromatic nitrogens is 2. The van der Waals surface area contributed by atoms with Gasteiger partial charge in [-0.25, -0.2) is 14.4 Å². The maximum atomic E-state index is 13.5. The topological polar surface area (TPSA) is 84.3 Å². The SMILES string of the molecule is COc1cc2ncnc(Nc3ccc(F)c(Cl)c3)c2cc1CCCCCCCC(=O)CO. The lowest BCUT2D eigenvalue weighted by atomic mass is 10.0. The van der Waals surface area contributed by atoms with Crippen molar-refractivity contribution in [2.45, 2.75) is 44.9 Å². The standard InChI is InChI=1S/C24H27ClFN3O3/c1-32-23-13-22-19(11-16(23)7-5-3-2-4-6-8-18(31)14-30)24(28-15-27-22)29-17-9-10-21(26)20(25)12-17/h9-13,15,30H,2-8,14H2,1H3,(H,27,28,29). The summed E-state index contributed by atoms with van der Waals surface area (Å²) in [4.78, 5) is 19.8. The minimum absolute atomic E-state index is 0.0384. The summed E-state index contributed by atoms with van der Waals surface area (Å²) in [5.41, 5.74) is 2.43. The van der Waals surface area contributed by atoms with Gasteiger partial charge in [-0.1, -0.05) is 30.9 Å². The van der Waals surface area contributed by atoms with Crippen LogP contribution >= 0.6 is 11.6 Å². The number of methoxy groups -OCH3 is 1. The van der Waals surface area contributed by atoms with Crippen LogP contribution in [-0.2, 0) is 11.2 Å². The number of hydrogen-bond acceptors (Lipinski definition) is 6. The summed E-state index contributed by atoms with van der Waals surface area (Å²) in [6.07, 6.45) is 7.61. The van der Waals surface area contributed by atoms with Gasteiger partial charge in [0, 0.05) is 23.6 Å². The number of carbonyl (C=O) groups excluding carboxylic acids is 1. The number of ether oxygens (including phenoxy) is 1. The predicted octanol–water partition coefficient (Wildman–Crippen LogP) is 5.62. The lowest BCUT2D eigenvalue weighted by Gasteiger charge is -2.13. The minimum atomic E-state index is -0.475. The summed E-state index contributed by atoms with van der Waals surface area (Å²) < 4.78 is 19.0. The number of Topliss-reactive ketones (excluding diaryl/α,β-unsaturated/α-hetero) is 1. The number of nitrogens with zero attached hydrogens (tertiary/aromatic N) is 2. The molecule has 32 heavy (non-hydrogen) atoms. The number of aliphatic hydroxyl groups excluding tert-OH is 1. The molecule has 1 aromatic heterocycles. The lowest BCUT2D eigenvalue weighted by molar-refractivity contribution is -0.121. The van der Waals surface area contributed by atoms with Crippen LogP contribution in [0.1, 0.15) is 44.1 Å². The molecule has 2 aromatic carbocycles. The van der Waals surface area contributed by atoms with Crippen LogP contribution in [0.3, 0.4) is 0 Å². The third-order valence-electron chi connectivity index (χ3n) is 5.30. The Kier molecular flexibility index (Phi) is 8.76. The minimum Gasteiger partial charge on any atom is -0.496 e. The van der Waals surface area contributed by atoms with Crippen LogP contribution in [0.5, 0.6) is 5.75 Å². The summed E-state index contributed by atoms with van der Waals surface area (Å²) in [5, 5.41) is 12.8. The van der Waals surface area contributed by atoms with Crippen molar-refractivity contribution >= 4 is 39.8 Å². The van der Waals surface area contributed by atoms with Gasteiger partial charge in [-0.15, -0.1) is 0 Å². The largest absolute Gasteiger partial charge is 0.496 e. The Morgan fingerprint density at radius 1 is 1.12 bits per heavy atom. The Bertz CT molecular complexity index is 1080. The first-order valence-electron chi connectivity index (χ1n) is 10.7. The van der Waals surface area contributed by atoms with Gasteiger partial charge in [-0.2, -0.15) is 0 Å². The van der Waals surface area contributed by atoms with E-state index in [9.17, 15) is 9.18 Å². The monoisotopic (exact) mass is 459 g/mol. The lowest BCUT2D eigenvalue weighted by Crippen LogP contribution is -2.02. The molecule has 0 spiro atoms. The first-order valence-corrected chi connectivity index (χ1v) is 11.1. The van der Waals surface area contributed by atoms with Gasteiger partial charge < -0.3 is 15.2 Å². The molecule has 0 aliphatic rings. The quantitative estimate of drug-likeness (QED) is 0.342. The molecular weight excluding hydrogens is 433 g/mol. The average molecular weight is 460 g/mol. The van der Waals surface area contributed by atoms with E-state index in [1.165, 1.54) is 18.5 Å². The number of benzene rings is 2. The van der Waals surface area contributed by atoms with E-state index in [4.69, 9.17) is 21.4 Å². The van der Waals surface area contributed by atoms with Gasteiger partial charge in [0.25, 0.3) is 0 Å². The van der Waals surface area contributed by atoms with Gasteiger partial charge in [0.2, 0.25) is 0 Å². The Labute approximate surface area is 191 Å². The number of rotatable bonds is 12. The molecule has 8 heteroatoms. The van der Waals surface area contributed by atoms with Crippen LogP contribution in [0.2, 0.25) is 5.02 Å². The molecular formula is C24H27ClFN3O3. The molecule has 1 heterocycles. The fourth-order valence-corrected chi connectivity index (χ4v) is 3.75. The number of aliphatic hydroxyl groups is 1.